The van der Waals surface area contributed by atoms with Gasteiger partial charge in [0.2, 0.25) is 5.91 Å². The zero-order valence-corrected chi connectivity index (χ0v) is 15.1. The van der Waals surface area contributed by atoms with Crippen molar-refractivity contribution >= 4 is 17.5 Å². The van der Waals surface area contributed by atoms with Crippen molar-refractivity contribution in [3.8, 4) is 5.75 Å². The molecule has 0 N–H and O–H groups in total. The van der Waals surface area contributed by atoms with E-state index in [9.17, 15) is 9.59 Å². The van der Waals surface area contributed by atoms with Crippen molar-refractivity contribution in [1.29, 1.82) is 0 Å². The van der Waals surface area contributed by atoms with E-state index in [1.54, 1.807) is 12.1 Å². The molecule has 2 aliphatic heterocycles. The van der Waals surface area contributed by atoms with Gasteiger partial charge in [0.15, 0.2) is 0 Å². The monoisotopic (exact) mass is 345 g/mol. The summed E-state index contributed by atoms with van der Waals surface area (Å²) < 4.78 is 5.56. The third-order valence-corrected chi connectivity index (χ3v) is 4.99. The molecule has 1 atom stereocenters. The normalized spacial score (nSPS) is 22.6. The Bertz CT molecular complexity index is 609. The van der Waals surface area contributed by atoms with E-state index in [1.165, 1.54) is 4.90 Å². The fourth-order valence-electron chi connectivity index (χ4n) is 3.48. The Morgan fingerprint density at radius 2 is 1.72 bits per heavy atom. The molecule has 0 spiro atoms. The van der Waals surface area contributed by atoms with Gasteiger partial charge in [-0.3, -0.25) is 14.5 Å². The molecule has 1 aromatic rings. The van der Waals surface area contributed by atoms with Crippen LogP contribution in [-0.2, 0) is 9.59 Å². The Hall–Kier alpha value is -1.92. The van der Waals surface area contributed by atoms with Crippen molar-refractivity contribution in [2.45, 2.75) is 32.7 Å². The number of imide groups is 1. The molecule has 1 aromatic carbocycles. The molecule has 6 heteroatoms. The van der Waals surface area contributed by atoms with Crippen LogP contribution in [0.25, 0.3) is 0 Å². The second kappa shape index (κ2) is 7.97. The number of nitrogens with zero attached hydrogens (tertiary/aromatic N) is 3. The lowest BCUT2D eigenvalue weighted by molar-refractivity contribution is -0.123. The molecule has 0 aromatic heterocycles. The number of carbonyl (C=O) groups is 2. The number of piperazine rings is 1. The number of amides is 2. The maximum Gasteiger partial charge on any atom is 0.251 e. The standard InChI is InChI=1S/C19H27N3O3/c1-3-13-25-16-7-5-15(6-8-16)22-18(23)14-17(19(22)24)21-11-9-20(4-2)10-12-21/h5-8,17H,3-4,9-14H2,1-2H3/t17-/m1/s1. The summed E-state index contributed by atoms with van der Waals surface area (Å²) in [7, 11) is 0. The third kappa shape index (κ3) is 3.85. The first kappa shape index (κ1) is 17.9. The zero-order chi connectivity index (χ0) is 17.8. The van der Waals surface area contributed by atoms with Gasteiger partial charge in [0, 0.05) is 26.2 Å². The number of ether oxygens (including phenoxy) is 1. The van der Waals surface area contributed by atoms with E-state index in [4.69, 9.17) is 4.74 Å². The first-order valence-electron chi connectivity index (χ1n) is 9.20. The fraction of sp³-hybridized carbons (Fsp3) is 0.579. The second-order valence-electron chi connectivity index (χ2n) is 6.60. The number of hydrogen-bond donors (Lipinski definition) is 0. The first-order valence-corrected chi connectivity index (χ1v) is 9.20. The van der Waals surface area contributed by atoms with Crippen LogP contribution in [0.15, 0.2) is 24.3 Å². The molecule has 0 bridgehead atoms. The summed E-state index contributed by atoms with van der Waals surface area (Å²) in [5, 5.41) is 0. The van der Waals surface area contributed by atoms with Crippen LogP contribution < -0.4 is 9.64 Å². The van der Waals surface area contributed by atoms with E-state index in [2.05, 4.69) is 23.6 Å². The number of rotatable bonds is 6. The highest BCUT2D eigenvalue weighted by Crippen LogP contribution is 2.27. The summed E-state index contributed by atoms with van der Waals surface area (Å²) in [6.07, 6.45) is 1.22. The average molecular weight is 345 g/mol. The van der Waals surface area contributed by atoms with Crippen LogP contribution >= 0.6 is 0 Å². The van der Waals surface area contributed by atoms with Crippen LogP contribution in [0.4, 0.5) is 5.69 Å². The number of likely N-dealkylation sites (N-methyl/N-ethyl adjacent to an activating group) is 1. The van der Waals surface area contributed by atoms with E-state index in [1.807, 2.05) is 12.1 Å². The molecule has 0 saturated carbocycles. The maximum absolute atomic E-state index is 12.8. The molecule has 0 radical (unpaired) electrons. The van der Waals surface area contributed by atoms with Crippen molar-refractivity contribution in [2.75, 3.05) is 44.2 Å². The summed E-state index contributed by atoms with van der Waals surface area (Å²) >= 11 is 0. The smallest absolute Gasteiger partial charge is 0.251 e. The predicted molar refractivity (Wildman–Crippen MR) is 96.8 cm³/mol. The van der Waals surface area contributed by atoms with Crippen molar-refractivity contribution < 1.29 is 14.3 Å². The topological polar surface area (TPSA) is 53.1 Å². The molecule has 3 rings (SSSR count). The van der Waals surface area contributed by atoms with Gasteiger partial charge in [0.1, 0.15) is 5.75 Å². The number of anilines is 1. The highest BCUT2D eigenvalue weighted by molar-refractivity contribution is 6.22. The lowest BCUT2D eigenvalue weighted by Crippen LogP contribution is -2.52. The molecule has 25 heavy (non-hydrogen) atoms. The van der Waals surface area contributed by atoms with Gasteiger partial charge >= 0.3 is 0 Å². The molecule has 6 nitrogen and oxygen atoms in total. The van der Waals surface area contributed by atoms with Gasteiger partial charge in [0.25, 0.3) is 5.91 Å². The lowest BCUT2D eigenvalue weighted by atomic mass is 10.1. The van der Waals surface area contributed by atoms with Crippen LogP contribution in [0, 0.1) is 0 Å². The summed E-state index contributed by atoms with van der Waals surface area (Å²) in [5.41, 5.74) is 0.633. The molecule has 0 aliphatic carbocycles. The molecule has 0 unspecified atom stereocenters. The lowest BCUT2D eigenvalue weighted by Gasteiger charge is -2.36. The van der Waals surface area contributed by atoms with E-state index >= 15 is 0 Å². The molecular formula is C19H27N3O3. The molecule has 2 amide bonds. The third-order valence-electron chi connectivity index (χ3n) is 4.99. The van der Waals surface area contributed by atoms with E-state index in [-0.39, 0.29) is 24.3 Å². The minimum atomic E-state index is -0.317. The zero-order valence-electron chi connectivity index (χ0n) is 15.1. The molecule has 2 aliphatic rings. The Kier molecular flexibility index (Phi) is 5.71. The number of carbonyl (C=O) groups excluding carboxylic acids is 2. The fourth-order valence-corrected chi connectivity index (χ4v) is 3.48. The van der Waals surface area contributed by atoms with Gasteiger partial charge in [-0.25, -0.2) is 4.90 Å². The van der Waals surface area contributed by atoms with Crippen LogP contribution in [0.3, 0.4) is 0 Å². The molecule has 2 fully saturated rings. The van der Waals surface area contributed by atoms with Crippen molar-refractivity contribution in [3.05, 3.63) is 24.3 Å². The highest BCUT2D eigenvalue weighted by Gasteiger charge is 2.43. The van der Waals surface area contributed by atoms with Crippen LogP contribution in [0.2, 0.25) is 0 Å². The maximum atomic E-state index is 12.8. The first-order chi connectivity index (χ1) is 12.1. The summed E-state index contributed by atoms with van der Waals surface area (Å²) in [4.78, 5) is 31.2. The van der Waals surface area contributed by atoms with Crippen LogP contribution in [0.5, 0.6) is 5.75 Å². The second-order valence-corrected chi connectivity index (χ2v) is 6.60. The quantitative estimate of drug-likeness (QED) is 0.735. The minimum Gasteiger partial charge on any atom is -0.494 e. The van der Waals surface area contributed by atoms with Crippen molar-refractivity contribution in [3.63, 3.8) is 0 Å². The van der Waals surface area contributed by atoms with E-state index in [0.717, 1.165) is 44.9 Å². The Labute approximate surface area is 149 Å². The molecule has 2 saturated heterocycles. The van der Waals surface area contributed by atoms with E-state index in [0.29, 0.717) is 12.3 Å². The van der Waals surface area contributed by atoms with Gasteiger partial charge in [-0.05, 0) is 37.2 Å². The Balaban J connectivity index is 1.67. The summed E-state index contributed by atoms with van der Waals surface area (Å²) in [5.74, 6) is 0.546. The number of benzene rings is 1. The summed E-state index contributed by atoms with van der Waals surface area (Å²) in [6, 6.07) is 6.90. The van der Waals surface area contributed by atoms with Gasteiger partial charge < -0.3 is 9.64 Å². The number of hydrogen-bond acceptors (Lipinski definition) is 5. The Morgan fingerprint density at radius 3 is 2.32 bits per heavy atom. The molecular weight excluding hydrogens is 318 g/mol. The highest BCUT2D eigenvalue weighted by atomic mass is 16.5. The average Bonchev–Trinajstić information content (AvgIpc) is 2.95. The van der Waals surface area contributed by atoms with Crippen molar-refractivity contribution in [1.82, 2.24) is 9.80 Å². The van der Waals surface area contributed by atoms with E-state index < -0.39 is 0 Å². The van der Waals surface area contributed by atoms with Crippen molar-refractivity contribution in [2.24, 2.45) is 0 Å². The Morgan fingerprint density at radius 1 is 1.04 bits per heavy atom. The van der Waals surface area contributed by atoms with Gasteiger partial charge in [-0.2, -0.15) is 0 Å². The largest absolute Gasteiger partial charge is 0.494 e. The van der Waals surface area contributed by atoms with Gasteiger partial charge in [0.05, 0.1) is 24.8 Å². The molecule has 2 heterocycles. The SMILES string of the molecule is CCCOc1ccc(N2C(=O)C[C@@H](N3CCN(CC)CC3)C2=O)cc1. The van der Waals surface area contributed by atoms with Crippen LogP contribution in [-0.4, -0.2) is 67.0 Å². The van der Waals surface area contributed by atoms with Crippen LogP contribution in [0.1, 0.15) is 26.7 Å². The predicted octanol–water partition coefficient (Wildman–Crippen LogP) is 1.74. The summed E-state index contributed by atoms with van der Waals surface area (Å²) in [6.45, 7) is 9.49. The minimum absolute atomic E-state index is 0.0998. The molecule has 136 valence electrons. The van der Waals surface area contributed by atoms with Gasteiger partial charge in [-0.15, -0.1) is 0 Å². The van der Waals surface area contributed by atoms with Gasteiger partial charge in [-0.1, -0.05) is 13.8 Å².